The normalized spacial score (nSPS) is 11.4. The number of thioether (sulfide) groups is 1. The Kier molecular flexibility index (Phi) is 8.73. The number of rotatable bonds is 9. The molecular formula is C22H26N2O4S. The van der Waals surface area contributed by atoms with E-state index in [4.69, 9.17) is 4.74 Å². The Hall–Kier alpha value is -2.80. The fourth-order valence-corrected chi connectivity index (χ4v) is 3.44. The Morgan fingerprint density at radius 3 is 2.38 bits per heavy atom. The van der Waals surface area contributed by atoms with E-state index in [0.717, 1.165) is 5.56 Å². The summed E-state index contributed by atoms with van der Waals surface area (Å²) in [5, 5.41) is 2.78. The van der Waals surface area contributed by atoms with Crippen LogP contribution in [-0.2, 0) is 20.7 Å². The van der Waals surface area contributed by atoms with Gasteiger partial charge in [-0.05, 0) is 31.0 Å². The van der Waals surface area contributed by atoms with E-state index in [-0.39, 0.29) is 17.6 Å². The van der Waals surface area contributed by atoms with Gasteiger partial charge in [0.05, 0.1) is 11.3 Å². The van der Waals surface area contributed by atoms with E-state index in [1.54, 1.807) is 45.3 Å². The first-order valence-electron chi connectivity index (χ1n) is 9.33. The van der Waals surface area contributed by atoms with Crippen molar-refractivity contribution < 1.29 is 19.1 Å². The van der Waals surface area contributed by atoms with Crippen molar-refractivity contribution in [1.29, 1.82) is 0 Å². The standard InChI is InChI=1S/C22H26N2O4S/c1-16(21(26)23-14-13-17-9-5-4-6-10-17)28-22(27)18-11-7-8-12-19(18)29-15-20(25)24(2)3/h4-12,16H,13-15H2,1-3H3,(H,23,26)/t16-/m1/s1. The van der Waals surface area contributed by atoms with Crippen LogP contribution >= 0.6 is 11.8 Å². The molecule has 0 aliphatic rings. The van der Waals surface area contributed by atoms with Crippen LogP contribution in [0, 0.1) is 0 Å². The summed E-state index contributed by atoms with van der Waals surface area (Å²) in [5.41, 5.74) is 1.46. The molecule has 2 aromatic carbocycles. The highest BCUT2D eigenvalue weighted by Crippen LogP contribution is 2.24. The molecule has 0 spiro atoms. The molecule has 1 N–H and O–H groups in total. The van der Waals surface area contributed by atoms with Gasteiger partial charge in [-0.2, -0.15) is 0 Å². The van der Waals surface area contributed by atoms with Gasteiger partial charge in [-0.25, -0.2) is 4.79 Å². The van der Waals surface area contributed by atoms with Crippen LogP contribution < -0.4 is 5.32 Å². The van der Waals surface area contributed by atoms with E-state index in [1.165, 1.54) is 16.7 Å². The van der Waals surface area contributed by atoms with E-state index in [2.05, 4.69) is 5.32 Å². The number of hydrogen-bond donors (Lipinski definition) is 1. The molecule has 0 heterocycles. The minimum atomic E-state index is -0.917. The molecule has 0 saturated carbocycles. The van der Waals surface area contributed by atoms with Gasteiger partial charge in [-0.15, -0.1) is 11.8 Å². The summed E-state index contributed by atoms with van der Waals surface area (Å²) in [6.45, 7) is 2.00. The first-order chi connectivity index (χ1) is 13.9. The number of carbonyl (C=O) groups excluding carboxylic acids is 3. The maximum atomic E-state index is 12.5. The van der Waals surface area contributed by atoms with E-state index in [0.29, 0.717) is 23.4 Å². The Labute approximate surface area is 175 Å². The third-order valence-electron chi connectivity index (χ3n) is 4.17. The number of ether oxygens (including phenoxy) is 1. The van der Waals surface area contributed by atoms with Crippen molar-refractivity contribution in [1.82, 2.24) is 10.2 Å². The zero-order valence-electron chi connectivity index (χ0n) is 16.9. The van der Waals surface area contributed by atoms with Crippen molar-refractivity contribution in [3.63, 3.8) is 0 Å². The Balaban J connectivity index is 1.88. The van der Waals surface area contributed by atoms with Gasteiger partial charge in [-0.1, -0.05) is 42.5 Å². The van der Waals surface area contributed by atoms with Crippen LogP contribution in [0.25, 0.3) is 0 Å². The summed E-state index contributed by atoms with van der Waals surface area (Å²) in [6.07, 6.45) is -0.216. The lowest BCUT2D eigenvalue weighted by Crippen LogP contribution is -2.37. The molecule has 0 aliphatic heterocycles. The van der Waals surface area contributed by atoms with E-state index in [1.807, 2.05) is 30.3 Å². The third-order valence-corrected chi connectivity index (χ3v) is 5.22. The van der Waals surface area contributed by atoms with Crippen molar-refractivity contribution in [2.75, 3.05) is 26.4 Å². The van der Waals surface area contributed by atoms with Gasteiger partial charge in [0.1, 0.15) is 0 Å². The topological polar surface area (TPSA) is 75.7 Å². The van der Waals surface area contributed by atoms with Crippen LogP contribution in [-0.4, -0.2) is 55.2 Å². The average Bonchev–Trinajstić information content (AvgIpc) is 2.72. The van der Waals surface area contributed by atoms with Gasteiger partial charge in [0.2, 0.25) is 5.91 Å². The lowest BCUT2D eigenvalue weighted by Gasteiger charge is -2.15. The highest BCUT2D eigenvalue weighted by atomic mass is 32.2. The van der Waals surface area contributed by atoms with Crippen LogP contribution in [0.3, 0.4) is 0 Å². The number of benzene rings is 2. The molecule has 2 aromatic rings. The number of nitrogens with one attached hydrogen (secondary N) is 1. The molecule has 154 valence electrons. The molecule has 2 rings (SSSR count). The molecule has 0 radical (unpaired) electrons. The fourth-order valence-electron chi connectivity index (χ4n) is 2.43. The summed E-state index contributed by atoms with van der Waals surface area (Å²) >= 11 is 1.27. The van der Waals surface area contributed by atoms with Crippen molar-refractivity contribution in [3.05, 3.63) is 65.7 Å². The van der Waals surface area contributed by atoms with Crippen LogP contribution in [0.5, 0.6) is 0 Å². The number of hydrogen-bond acceptors (Lipinski definition) is 5. The van der Waals surface area contributed by atoms with Gasteiger partial charge in [0.25, 0.3) is 5.91 Å². The van der Waals surface area contributed by atoms with Crippen LogP contribution in [0.4, 0.5) is 0 Å². The van der Waals surface area contributed by atoms with Crippen molar-refractivity contribution in [3.8, 4) is 0 Å². The molecule has 0 aliphatic carbocycles. The van der Waals surface area contributed by atoms with Gasteiger partial charge < -0.3 is 15.0 Å². The summed E-state index contributed by atoms with van der Waals surface area (Å²) < 4.78 is 5.34. The molecule has 0 aromatic heterocycles. The monoisotopic (exact) mass is 414 g/mol. The summed E-state index contributed by atoms with van der Waals surface area (Å²) in [5.74, 6) is -0.769. The minimum absolute atomic E-state index is 0.0515. The van der Waals surface area contributed by atoms with Crippen molar-refractivity contribution in [2.24, 2.45) is 0 Å². The molecule has 0 fully saturated rings. The van der Waals surface area contributed by atoms with Crippen molar-refractivity contribution in [2.45, 2.75) is 24.3 Å². The molecule has 6 nitrogen and oxygen atoms in total. The summed E-state index contributed by atoms with van der Waals surface area (Å²) in [4.78, 5) is 38.7. The largest absolute Gasteiger partial charge is 0.449 e. The van der Waals surface area contributed by atoms with Gasteiger partial charge >= 0.3 is 5.97 Å². The Morgan fingerprint density at radius 1 is 1.03 bits per heavy atom. The van der Waals surface area contributed by atoms with E-state index < -0.39 is 12.1 Å². The Bertz CT molecular complexity index is 840. The predicted octanol–water partition coefficient (Wildman–Crippen LogP) is 2.77. The SMILES string of the molecule is C[C@@H](OC(=O)c1ccccc1SCC(=O)N(C)C)C(=O)NCCc1ccccc1. The first kappa shape index (κ1) is 22.5. The second-order valence-electron chi connectivity index (χ2n) is 6.65. The zero-order valence-corrected chi connectivity index (χ0v) is 17.7. The van der Waals surface area contributed by atoms with Crippen molar-refractivity contribution >= 4 is 29.5 Å². The van der Waals surface area contributed by atoms with E-state index >= 15 is 0 Å². The maximum absolute atomic E-state index is 12.5. The fraction of sp³-hybridized carbons (Fsp3) is 0.318. The average molecular weight is 415 g/mol. The molecule has 0 bridgehead atoms. The number of amides is 2. The number of nitrogens with zero attached hydrogens (tertiary/aromatic N) is 1. The molecule has 2 amide bonds. The summed E-state index contributed by atoms with van der Waals surface area (Å²) in [6, 6.07) is 16.7. The van der Waals surface area contributed by atoms with Gasteiger partial charge in [0.15, 0.2) is 6.10 Å². The minimum Gasteiger partial charge on any atom is -0.449 e. The van der Waals surface area contributed by atoms with Crippen LogP contribution in [0.1, 0.15) is 22.8 Å². The highest BCUT2D eigenvalue weighted by molar-refractivity contribution is 8.00. The molecule has 29 heavy (non-hydrogen) atoms. The lowest BCUT2D eigenvalue weighted by molar-refractivity contribution is -0.129. The zero-order chi connectivity index (χ0) is 21.2. The number of carbonyl (C=O) groups is 3. The lowest BCUT2D eigenvalue weighted by atomic mass is 10.1. The number of esters is 1. The molecule has 7 heteroatoms. The smallest absolute Gasteiger partial charge is 0.340 e. The first-order valence-corrected chi connectivity index (χ1v) is 10.3. The van der Waals surface area contributed by atoms with Gasteiger partial charge in [0, 0.05) is 25.5 Å². The second-order valence-corrected chi connectivity index (χ2v) is 7.66. The molecule has 1 atom stereocenters. The van der Waals surface area contributed by atoms with E-state index in [9.17, 15) is 14.4 Å². The maximum Gasteiger partial charge on any atom is 0.340 e. The predicted molar refractivity (Wildman–Crippen MR) is 114 cm³/mol. The molecule has 0 saturated heterocycles. The molecule has 0 unspecified atom stereocenters. The van der Waals surface area contributed by atoms with Crippen LogP contribution in [0.15, 0.2) is 59.5 Å². The van der Waals surface area contributed by atoms with Gasteiger partial charge in [-0.3, -0.25) is 9.59 Å². The Morgan fingerprint density at radius 2 is 1.69 bits per heavy atom. The second kappa shape index (κ2) is 11.3. The molecular weight excluding hydrogens is 388 g/mol. The third kappa shape index (κ3) is 7.27. The van der Waals surface area contributed by atoms with Crippen LogP contribution in [0.2, 0.25) is 0 Å². The summed E-state index contributed by atoms with van der Waals surface area (Å²) in [7, 11) is 3.36. The highest BCUT2D eigenvalue weighted by Gasteiger charge is 2.21. The quantitative estimate of drug-likeness (QED) is 0.504.